The Balaban J connectivity index is 3.35. The minimum Gasteiger partial charge on any atom is -0.506 e. The Kier molecular flexibility index (Phi) is 2.37. The number of hydrogen-bond acceptors (Lipinski definition) is 2. The molecule has 11 heavy (non-hydrogen) atoms. The second kappa shape index (κ2) is 3.11. The number of halogens is 2. The molecule has 0 aliphatic heterocycles. The van der Waals surface area contributed by atoms with Crippen molar-refractivity contribution in [1.29, 1.82) is 0 Å². The molecule has 0 atom stereocenters. The van der Waals surface area contributed by atoms with E-state index in [1.165, 1.54) is 18.4 Å². The highest BCUT2D eigenvalue weighted by Crippen LogP contribution is 2.29. The van der Waals surface area contributed by atoms with E-state index in [1.54, 1.807) is 0 Å². The van der Waals surface area contributed by atoms with E-state index in [0.29, 0.717) is 5.02 Å². The highest BCUT2D eigenvalue weighted by atomic mass is 35.5. The van der Waals surface area contributed by atoms with Gasteiger partial charge in [0.25, 0.3) is 0 Å². The highest BCUT2D eigenvalue weighted by molar-refractivity contribution is 6.36. The van der Waals surface area contributed by atoms with Gasteiger partial charge in [-0.25, -0.2) is 0 Å². The first-order valence-corrected chi connectivity index (χ1v) is 3.47. The average Bonchev–Trinajstić information content (AvgIpc) is 1.96. The Hall–Kier alpha value is -0.730. The molecular weight excluding hydrogens is 187 g/mol. The lowest BCUT2D eigenvalue weighted by atomic mass is 10.2. The third-order valence-corrected chi connectivity index (χ3v) is 1.64. The first kappa shape index (κ1) is 8.37. The topological polar surface area (TPSA) is 37.3 Å². The van der Waals surface area contributed by atoms with Gasteiger partial charge in [-0.3, -0.25) is 4.79 Å². The first-order chi connectivity index (χ1) is 5.15. The summed E-state index contributed by atoms with van der Waals surface area (Å²) in [7, 11) is 0. The van der Waals surface area contributed by atoms with Crippen molar-refractivity contribution in [1.82, 2.24) is 0 Å². The van der Waals surface area contributed by atoms with Crippen LogP contribution in [0.2, 0.25) is 10.0 Å². The molecule has 0 aromatic heterocycles. The molecule has 57 valence electrons. The zero-order chi connectivity index (χ0) is 8.43. The molecule has 0 aliphatic carbocycles. The van der Waals surface area contributed by atoms with Crippen molar-refractivity contribution in [2.45, 2.75) is 0 Å². The van der Waals surface area contributed by atoms with E-state index in [1.807, 2.05) is 0 Å². The molecule has 0 saturated carbocycles. The lowest BCUT2D eigenvalue weighted by Gasteiger charge is -1.98. The second-order valence-electron chi connectivity index (χ2n) is 1.89. The predicted octanol–water partition coefficient (Wildman–Crippen LogP) is 2.16. The quantitative estimate of drug-likeness (QED) is 0.736. The Morgan fingerprint density at radius 2 is 2.00 bits per heavy atom. The molecule has 0 heterocycles. The van der Waals surface area contributed by atoms with Gasteiger partial charge in [0.2, 0.25) is 6.29 Å². The maximum Gasteiger partial charge on any atom is 0.237 e. The zero-order valence-electron chi connectivity index (χ0n) is 5.27. The van der Waals surface area contributed by atoms with E-state index in [4.69, 9.17) is 28.3 Å². The van der Waals surface area contributed by atoms with E-state index in [2.05, 4.69) is 0 Å². The monoisotopic (exact) mass is 189 g/mol. The van der Waals surface area contributed by atoms with Crippen molar-refractivity contribution in [3.05, 3.63) is 27.7 Å². The molecule has 0 bridgehead atoms. The number of hydrogen-bond donors (Lipinski definition) is 1. The van der Waals surface area contributed by atoms with Crippen LogP contribution >= 0.6 is 23.2 Å². The summed E-state index contributed by atoms with van der Waals surface area (Å²) in [6.07, 6.45) is 1.51. The van der Waals surface area contributed by atoms with Gasteiger partial charge in [-0.2, -0.15) is 0 Å². The molecule has 0 amide bonds. The Labute approximate surface area is 73.4 Å². The lowest BCUT2D eigenvalue weighted by Crippen LogP contribution is -1.82. The minimum atomic E-state index is -0.286. The zero-order valence-corrected chi connectivity index (χ0v) is 6.78. The molecule has 1 rings (SSSR count). The first-order valence-electron chi connectivity index (χ1n) is 2.71. The number of phenols is 1. The van der Waals surface area contributed by atoms with Crippen molar-refractivity contribution in [3.8, 4) is 5.75 Å². The number of aromatic hydroxyl groups is 1. The number of rotatable bonds is 1. The molecular formula is C7H3Cl2O2. The minimum absolute atomic E-state index is 0.0255. The van der Waals surface area contributed by atoms with Crippen LogP contribution in [0.5, 0.6) is 5.75 Å². The van der Waals surface area contributed by atoms with Crippen molar-refractivity contribution in [3.63, 3.8) is 0 Å². The molecule has 0 fully saturated rings. The molecule has 2 nitrogen and oxygen atoms in total. The van der Waals surface area contributed by atoms with E-state index in [0.717, 1.165) is 0 Å². The van der Waals surface area contributed by atoms with E-state index in [-0.39, 0.29) is 16.3 Å². The summed E-state index contributed by atoms with van der Waals surface area (Å²) in [4.78, 5) is 10.1. The largest absolute Gasteiger partial charge is 0.506 e. The van der Waals surface area contributed by atoms with Crippen LogP contribution in [0.4, 0.5) is 0 Å². The smallest absolute Gasteiger partial charge is 0.237 e. The molecule has 0 saturated heterocycles. The van der Waals surface area contributed by atoms with Gasteiger partial charge >= 0.3 is 0 Å². The molecule has 1 N–H and O–H groups in total. The summed E-state index contributed by atoms with van der Waals surface area (Å²) in [5.41, 5.74) is -0.0255. The Bertz CT molecular complexity index is 297. The summed E-state index contributed by atoms with van der Waals surface area (Å²) in [6.45, 7) is 0. The van der Waals surface area contributed by atoms with Gasteiger partial charge in [0.05, 0.1) is 10.6 Å². The van der Waals surface area contributed by atoms with Gasteiger partial charge in [0, 0.05) is 5.02 Å². The van der Waals surface area contributed by atoms with Gasteiger partial charge in [-0.05, 0) is 12.1 Å². The fourth-order valence-corrected chi connectivity index (χ4v) is 1.14. The maximum atomic E-state index is 10.1. The van der Waals surface area contributed by atoms with Crippen molar-refractivity contribution in [2.24, 2.45) is 0 Å². The SMILES string of the molecule is O=[C]c1cc(Cl)cc(Cl)c1O. The highest BCUT2D eigenvalue weighted by Gasteiger charge is 2.06. The third-order valence-electron chi connectivity index (χ3n) is 1.14. The van der Waals surface area contributed by atoms with E-state index < -0.39 is 0 Å². The van der Waals surface area contributed by atoms with Gasteiger partial charge in [0.15, 0.2) is 0 Å². The fraction of sp³-hybridized carbons (Fsp3) is 0. The summed E-state index contributed by atoms with van der Waals surface area (Å²) in [6, 6.07) is 2.63. The van der Waals surface area contributed by atoms with E-state index >= 15 is 0 Å². The third kappa shape index (κ3) is 1.64. The van der Waals surface area contributed by atoms with Crippen LogP contribution in [0.25, 0.3) is 0 Å². The maximum absolute atomic E-state index is 10.1. The van der Waals surface area contributed by atoms with Gasteiger partial charge in [0.1, 0.15) is 5.75 Å². The average molecular weight is 190 g/mol. The molecule has 0 aliphatic rings. The summed E-state index contributed by atoms with van der Waals surface area (Å²) >= 11 is 11.0. The molecule has 1 aromatic carbocycles. The number of phenolic OH excluding ortho intramolecular Hbond substituents is 1. The molecule has 1 aromatic rings. The second-order valence-corrected chi connectivity index (χ2v) is 2.73. The molecule has 0 spiro atoms. The van der Waals surface area contributed by atoms with E-state index in [9.17, 15) is 4.79 Å². The van der Waals surface area contributed by atoms with Crippen LogP contribution in [0.3, 0.4) is 0 Å². The Morgan fingerprint density at radius 3 is 2.55 bits per heavy atom. The summed E-state index contributed by atoms with van der Waals surface area (Å²) in [5, 5.41) is 9.42. The van der Waals surface area contributed by atoms with Crippen molar-refractivity contribution < 1.29 is 9.90 Å². The van der Waals surface area contributed by atoms with Crippen LogP contribution in [0, 0.1) is 0 Å². The molecule has 0 unspecified atom stereocenters. The number of carbonyl (C=O) groups excluding carboxylic acids is 1. The summed E-state index contributed by atoms with van der Waals surface area (Å²) < 4.78 is 0. The van der Waals surface area contributed by atoms with Crippen LogP contribution in [-0.4, -0.2) is 11.4 Å². The van der Waals surface area contributed by atoms with Crippen LogP contribution in [0.1, 0.15) is 5.56 Å². The summed E-state index contributed by atoms with van der Waals surface area (Å²) in [5.74, 6) is -0.286. The van der Waals surface area contributed by atoms with Crippen LogP contribution in [-0.2, 0) is 4.79 Å². The van der Waals surface area contributed by atoms with Gasteiger partial charge in [-0.15, -0.1) is 0 Å². The van der Waals surface area contributed by atoms with Crippen molar-refractivity contribution >= 4 is 29.5 Å². The standard InChI is InChI=1S/C7H3Cl2O2/c8-5-1-4(3-10)7(11)6(9)2-5/h1-2,11H. The van der Waals surface area contributed by atoms with Gasteiger partial charge in [-0.1, -0.05) is 23.2 Å². The van der Waals surface area contributed by atoms with Crippen LogP contribution < -0.4 is 0 Å². The molecule has 4 heteroatoms. The van der Waals surface area contributed by atoms with Crippen LogP contribution in [0.15, 0.2) is 12.1 Å². The Morgan fingerprint density at radius 1 is 1.36 bits per heavy atom. The van der Waals surface area contributed by atoms with Gasteiger partial charge < -0.3 is 5.11 Å². The normalized spacial score (nSPS) is 9.64. The number of benzene rings is 1. The predicted molar refractivity (Wildman–Crippen MR) is 42.9 cm³/mol. The molecule has 1 radical (unpaired) electrons. The lowest BCUT2D eigenvalue weighted by molar-refractivity contribution is 0.472. The fourth-order valence-electron chi connectivity index (χ4n) is 0.644. The van der Waals surface area contributed by atoms with Crippen molar-refractivity contribution in [2.75, 3.05) is 0 Å².